The maximum atomic E-state index is 13.2. The molecule has 6 heteroatoms. The lowest BCUT2D eigenvalue weighted by Crippen LogP contribution is -2.47. The molecule has 0 bridgehead atoms. The summed E-state index contributed by atoms with van der Waals surface area (Å²) in [4.78, 5) is 13.2. The standard InChI is InChI=1S/C20H23ClN4O/c1-20(2)9-15-18(16(26)10-20)17(12-7-5-6-8-14(12)21)13(11-22)19(23)25(15)24(3)4/h5-8,17H,9-10,23H2,1-4H3/t17-/m0/s1. The number of hydrazine groups is 1. The summed E-state index contributed by atoms with van der Waals surface area (Å²) in [5, 5.41) is 14.0. The number of benzene rings is 1. The molecule has 136 valence electrons. The molecule has 1 atom stereocenters. The summed E-state index contributed by atoms with van der Waals surface area (Å²) in [6.07, 6.45) is 1.14. The maximum absolute atomic E-state index is 13.2. The Hall–Kier alpha value is -2.29. The average Bonchev–Trinajstić information content (AvgIpc) is 2.52. The molecule has 0 amide bonds. The van der Waals surface area contributed by atoms with E-state index in [1.165, 1.54) is 0 Å². The second-order valence-electron chi connectivity index (χ2n) is 7.83. The molecule has 2 N–H and O–H groups in total. The van der Waals surface area contributed by atoms with E-state index in [4.69, 9.17) is 17.3 Å². The van der Waals surface area contributed by atoms with E-state index in [-0.39, 0.29) is 11.2 Å². The van der Waals surface area contributed by atoms with E-state index in [9.17, 15) is 10.1 Å². The van der Waals surface area contributed by atoms with Crippen LogP contribution in [0.1, 0.15) is 38.2 Å². The van der Waals surface area contributed by atoms with Crippen molar-refractivity contribution >= 4 is 17.4 Å². The minimum atomic E-state index is -0.525. The lowest BCUT2D eigenvalue weighted by molar-refractivity contribution is -0.119. The molecular weight excluding hydrogens is 348 g/mol. The second kappa shape index (κ2) is 6.46. The Kier molecular flexibility index (Phi) is 4.60. The molecule has 2 aliphatic rings. The van der Waals surface area contributed by atoms with Gasteiger partial charge < -0.3 is 5.73 Å². The Balaban J connectivity index is 2.32. The number of carbonyl (C=O) groups excluding carboxylic acids is 1. The number of halogens is 1. The normalized spacial score (nSPS) is 22.6. The smallest absolute Gasteiger partial charge is 0.162 e. The van der Waals surface area contributed by atoms with Gasteiger partial charge in [0.1, 0.15) is 5.82 Å². The van der Waals surface area contributed by atoms with Gasteiger partial charge in [0.25, 0.3) is 0 Å². The third-order valence-corrected chi connectivity index (χ3v) is 5.31. The van der Waals surface area contributed by atoms with Crippen molar-refractivity contribution in [2.24, 2.45) is 11.1 Å². The van der Waals surface area contributed by atoms with Crippen molar-refractivity contribution < 1.29 is 4.79 Å². The predicted octanol–water partition coefficient (Wildman–Crippen LogP) is 3.55. The van der Waals surface area contributed by atoms with Crippen LogP contribution in [0.5, 0.6) is 0 Å². The highest BCUT2D eigenvalue weighted by molar-refractivity contribution is 6.31. The average molecular weight is 371 g/mol. The number of hydrogen-bond donors (Lipinski definition) is 1. The van der Waals surface area contributed by atoms with Crippen molar-refractivity contribution in [3.63, 3.8) is 0 Å². The van der Waals surface area contributed by atoms with Crippen LogP contribution in [0, 0.1) is 16.7 Å². The highest BCUT2D eigenvalue weighted by Gasteiger charge is 2.45. The van der Waals surface area contributed by atoms with E-state index < -0.39 is 5.92 Å². The number of Topliss-reactive ketones (excluding diaryl/α,β-unsaturated/α-hetero) is 1. The molecule has 0 fully saturated rings. The fourth-order valence-corrected chi connectivity index (χ4v) is 4.21. The van der Waals surface area contributed by atoms with Gasteiger partial charge in [-0.3, -0.25) is 9.80 Å². The van der Waals surface area contributed by atoms with Crippen LogP contribution >= 0.6 is 11.6 Å². The highest BCUT2D eigenvalue weighted by Crippen LogP contribution is 2.50. The van der Waals surface area contributed by atoms with E-state index in [2.05, 4.69) is 19.9 Å². The Morgan fingerprint density at radius 2 is 1.96 bits per heavy atom. The van der Waals surface area contributed by atoms with Crippen molar-refractivity contribution in [3.8, 4) is 6.07 Å². The monoisotopic (exact) mass is 370 g/mol. The Morgan fingerprint density at radius 3 is 2.54 bits per heavy atom. The van der Waals surface area contributed by atoms with Crippen LogP contribution in [-0.2, 0) is 4.79 Å². The molecule has 3 rings (SSSR count). The zero-order chi connectivity index (χ0) is 19.2. The summed E-state index contributed by atoms with van der Waals surface area (Å²) in [5.41, 5.74) is 8.84. The van der Waals surface area contributed by atoms with E-state index in [0.29, 0.717) is 34.8 Å². The Morgan fingerprint density at radius 1 is 1.31 bits per heavy atom. The molecular formula is C20H23ClN4O. The summed E-state index contributed by atoms with van der Waals surface area (Å²) in [6.45, 7) is 4.15. The van der Waals surface area contributed by atoms with Crippen molar-refractivity contribution in [1.29, 1.82) is 5.26 Å². The molecule has 0 radical (unpaired) electrons. The van der Waals surface area contributed by atoms with Gasteiger partial charge in [-0.2, -0.15) is 5.26 Å². The second-order valence-corrected chi connectivity index (χ2v) is 8.23. The van der Waals surface area contributed by atoms with Gasteiger partial charge in [0.2, 0.25) is 0 Å². The predicted molar refractivity (Wildman–Crippen MR) is 102 cm³/mol. The Bertz CT molecular complexity index is 876. The first kappa shape index (κ1) is 18.5. The zero-order valence-corrected chi connectivity index (χ0v) is 16.3. The zero-order valence-electron chi connectivity index (χ0n) is 15.5. The molecule has 0 saturated heterocycles. The van der Waals surface area contributed by atoms with E-state index in [0.717, 1.165) is 11.3 Å². The number of nitrogens with zero attached hydrogens (tertiary/aromatic N) is 3. The summed E-state index contributed by atoms with van der Waals surface area (Å²) in [6, 6.07) is 9.56. The number of ketones is 1. The SMILES string of the molecule is CN(C)N1C(N)=C(C#N)[C@H](c2ccccc2Cl)C2=C1CC(C)(C)CC2=O. The highest BCUT2D eigenvalue weighted by atomic mass is 35.5. The molecule has 1 aromatic carbocycles. The fourth-order valence-electron chi connectivity index (χ4n) is 3.97. The lowest BCUT2D eigenvalue weighted by atomic mass is 9.69. The van der Waals surface area contributed by atoms with Gasteiger partial charge >= 0.3 is 0 Å². The van der Waals surface area contributed by atoms with Gasteiger partial charge in [-0.05, 0) is 23.5 Å². The van der Waals surface area contributed by atoms with Gasteiger partial charge in [-0.25, -0.2) is 5.01 Å². The molecule has 0 unspecified atom stereocenters. The fraction of sp³-hybridized carbons (Fsp3) is 0.400. The van der Waals surface area contributed by atoms with Gasteiger partial charge in [0.15, 0.2) is 5.78 Å². The Labute approximate surface area is 159 Å². The first-order chi connectivity index (χ1) is 12.2. The molecule has 1 aliphatic carbocycles. The number of rotatable bonds is 2. The molecule has 0 saturated carbocycles. The first-order valence-corrected chi connectivity index (χ1v) is 8.93. The molecule has 1 heterocycles. The maximum Gasteiger partial charge on any atom is 0.162 e. The topological polar surface area (TPSA) is 73.4 Å². The summed E-state index contributed by atoms with van der Waals surface area (Å²) in [5.74, 6) is -0.122. The molecule has 1 aromatic rings. The van der Waals surface area contributed by atoms with Gasteiger partial charge in [0.05, 0.1) is 17.6 Å². The number of hydrogen-bond acceptors (Lipinski definition) is 5. The summed E-state index contributed by atoms with van der Waals surface area (Å²) < 4.78 is 0. The van der Waals surface area contributed by atoms with Crippen molar-refractivity contribution in [2.75, 3.05) is 14.1 Å². The molecule has 1 aliphatic heterocycles. The van der Waals surface area contributed by atoms with Gasteiger partial charge in [-0.15, -0.1) is 0 Å². The van der Waals surface area contributed by atoms with Gasteiger partial charge in [-0.1, -0.05) is 43.6 Å². The van der Waals surface area contributed by atoms with Crippen LogP contribution in [0.15, 0.2) is 46.9 Å². The van der Waals surface area contributed by atoms with Crippen LogP contribution in [0.4, 0.5) is 0 Å². The van der Waals surface area contributed by atoms with Crippen molar-refractivity contribution in [2.45, 2.75) is 32.6 Å². The van der Waals surface area contributed by atoms with Crippen LogP contribution in [-0.4, -0.2) is 29.9 Å². The number of carbonyl (C=O) groups is 1. The number of nitrogens with two attached hydrogens (primary N) is 1. The van der Waals surface area contributed by atoms with Crippen molar-refractivity contribution in [1.82, 2.24) is 10.0 Å². The van der Waals surface area contributed by atoms with Gasteiger partial charge in [0, 0.05) is 36.8 Å². The van der Waals surface area contributed by atoms with E-state index in [1.54, 1.807) is 11.1 Å². The van der Waals surface area contributed by atoms with Crippen LogP contribution in [0.25, 0.3) is 0 Å². The summed E-state index contributed by atoms with van der Waals surface area (Å²) >= 11 is 6.43. The largest absolute Gasteiger partial charge is 0.383 e. The molecule has 0 spiro atoms. The molecule has 5 nitrogen and oxygen atoms in total. The number of nitriles is 1. The first-order valence-electron chi connectivity index (χ1n) is 8.55. The lowest BCUT2D eigenvalue weighted by Gasteiger charge is -2.45. The van der Waals surface area contributed by atoms with Crippen LogP contribution < -0.4 is 5.73 Å². The van der Waals surface area contributed by atoms with Crippen LogP contribution in [0.2, 0.25) is 5.02 Å². The van der Waals surface area contributed by atoms with E-state index >= 15 is 0 Å². The third-order valence-electron chi connectivity index (χ3n) is 4.97. The molecule has 26 heavy (non-hydrogen) atoms. The third kappa shape index (κ3) is 2.90. The number of allylic oxidation sites excluding steroid dienone is 3. The van der Waals surface area contributed by atoms with Crippen molar-refractivity contribution in [3.05, 3.63) is 57.5 Å². The minimum absolute atomic E-state index is 0.0493. The summed E-state index contributed by atoms with van der Waals surface area (Å²) in [7, 11) is 3.71. The van der Waals surface area contributed by atoms with E-state index in [1.807, 2.05) is 37.3 Å². The molecule has 0 aromatic heterocycles. The quantitative estimate of drug-likeness (QED) is 0.861. The minimum Gasteiger partial charge on any atom is -0.383 e. The van der Waals surface area contributed by atoms with Crippen LogP contribution in [0.3, 0.4) is 0 Å².